The van der Waals surface area contributed by atoms with Gasteiger partial charge in [-0.1, -0.05) is 12.1 Å². The van der Waals surface area contributed by atoms with Gasteiger partial charge in [0.05, 0.1) is 5.69 Å². The number of benzene rings is 2. The van der Waals surface area contributed by atoms with Gasteiger partial charge in [-0.2, -0.15) is 0 Å². The second-order valence-electron chi connectivity index (χ2n) is 5.51. The van der Waals surface area contributed by atoms with Gasteiger partial charge in [0, 0.05) is 31.1 Å². The molecule has 3 rings (SSSR count). The second kappa shape index (κ2) is 6.00. The van der Waals surface area contributed by atoms with Crippen molar-refractivity contribution in [1.82, 2.24) is 0 Å². The van der Waals surface area contributed by atoms with Gasteiger partial charge >= 0.3 is 0 Å². The minimum Gasteiger partial charge on any atom is -0.508 e. The molecule has 3 heteroatoms. The molecule has 108 valence electrons. The van der Waals surface area contributed by atoms with Gasteiger partial charge in [-0.25, -0.2) is 0 Å². The predicted octanol–water partition coefficient (Wildman–Crippen LogP) is 4.05. The van der Waals surface area contributed by atoms with Crippen LogP contribution in [-0.4, -0.2) is 24.4 Å². The van der Waals surface area contributed by atoms with Crippen LogP contribution in [0.15, 0.2) is 47.5 Å². The normalized spacial score (nSPS) is 15.0. The third-order valence-corrected chi connectivity index (χ3v) is 3.91. The Hall–Kier alpha value is -2.29. The van der Waals surface area contributed by atoms with Crippen LogP contribution in [0.1, 0.15) is 24.0 Å². The minimum atomic E-state index is 0.241. The van der Waals surface area contributed by atoms with Crippen molar-refractivity contribution in [2.45, 2.75) is 19.8 Å². The molecule has 0 spiro atoms. The molecule has 0 aliphatic carbocycles. The minimum absolute atomic E-state index is 0.241. The number of rotatable bonds is 3. The molecule has 1 fully saturated rings. The number of nitrogens with zero attached hydrogens (tertiary/aromatic N) is 2. The van der Waals surface area contributed by atoms with Gasteiger partial charge in [0.1, 0.15) is 5.75 Å². The summed E-state index contributed by atoms with van der Waals surface area (Å²) >= 11 is 0. The molecule has 0 unspecified atom stereocenters. The zero-order valence-corrected chi connectivity index (χ0v) is 12.3. The first-order valence-corrected chi connectivity index (χ1v) is 7.41. The fourth-order valence-corrected chi connectivity index (χ4v) is 2.69. The summed E-state index contributed by atoms with van der Waals surface area (Å²) in [6, 6.07) is 13.5. The molecule has 1 saturated heterocycles. The van der Waals surface area contributed by atoms with Gasteiger partial charge in [-0.05, 0) is 55.2 Å². The Morgan fingerprint density at radius 2 is 1.90 bits per heavy atom. The molecule has 1 aliphatic heterocycles. The summed E-state index contributed by atoms with van der Waals surface area (Å²) in [5.41, 5.74) is 4.40. The van der Waals surface area contributed by atoms with Gasteiger partial charge in [0.25, 0.3) is 0 Å². The van der Waals surface area contributed by atoms with Crippen molar-refractivity contribution in [3.05, 3.63) is 53.6 Å². The first kappa shape index (κ1) is 13.7. The van der Waals surface area contributed by atoms with Gasteiger partial charge in [-0.3, -0.25) is 4.99 Å². The summed E-state index contributed by atoms with van der Waals surface area (Å²) < 4.78 is 0. The molecule has 21 heavy (non-hydrogen) atoms. The van der Waals surface area contributed by atoms with Crippen molar-refractivity contribution < 1.29 is 5.11 Å². The molecule has 0 atom stereocenters. The van der Waals surface area contributed by atoms with E-state index in [4.69, 9.17) is 0 Å². The SMILES string of the molecule is Cc1cc(N2CCCC2)ccc1C=Nc1cccc(O)c1. The molecule has 0 bridgehead atoms. The van der Waals surface area contributed by atoms with Crippen molar-refractivity contribution in [2.24, 2.45) is 4.99 Å². The third-order valence-electron chi connectivity index (χ3n) is 3.91. The Labute approximate surface area is 125 Å². The Bertz CT molecular complexity index is 658. The summed E-state index contributed by atoms with van der Waals surface area (Å²) in [5, 5.41) is 9.44. The molecule has 1 heterocycles. The van der Waals surface area contributed by atoms with Gasteiger partial charge in [0.15, 0.2) is 0 Å². The number of anilines is 1. The van der Waals surface area contributed by atoms with Gasteiger partial charge in [-0.15, -0.1) is 0 Å². The molecule has 2 aromatic rings. The molecule has 2 aromatic carbocycles. The van der Waals surface area contributed by atoms with Crippen LogP contribution in [0.3, 0.4) is 0 Å². The highest BCUT2D eigenvalue weighted by Gasteiger charge is 2.12. The van der Waals surface area contributed by atoms with E-state index in [0.29, 0.717) is 0 Å². The quantitative estimate of drug-likeness (QED) is 0.861. The van der Waals surface area contributed by atoms with Crippen molar-refractivity contribution in [3.8, 4) is 5.75 Å². The van der Waals surface area contributed by atoms with E-state index in [-0.39, 0.29) is 5.75 Å². The highest BCUT2D eigenvalue weighted by atomic mass is 16.3. The van der Waals surface area contributed by atoms with Crippen LogP contribution in [0.4, 0.5) is 11.4 Å². The maximum atomic E-state index is 9.44. The Balaban J connectivity index is 1.79. The van der Waals surface area contributed by atoms with Crippen LogP contribution >= 0.6 is 0 Å². The van der Waals surface area contributed by atoms with Gasteiger partial charge < -0.3 is 10.0 Å². The van der Waals surface area contributed by atoms with E-state index >= 15 is 0 Å². The molecule has 0 amide bonds. The van der Waals surface area contributed by atoms with E-state index in [1.54, 1.807) is 18.2 Å². The summed E-state index contributed by atoms with van der Waals surface area (Å²) in [5.74, 6) is 0.241. The van der Waals surface area contributed by atoms with Crippen LogP contribution in [0.5, 0.6) is 5.75 Å². The Kier molecular flexibility index (Phi) is 3.91. The van der Waals surface area contributed by atoms with Crippen LogP contribution < -0.4 is 4.90 Å². The number of aryl methyl sites for hydroxylation is 1. The van der Waals surface area contributed by atoms with Crippen molar-refractivity contribution in [3.63, 3.8) is 0 Å². The fraction of sp³-hybridized carbons (Fsp3) is 0.278. The predicted molar refractivity (Wildman–Crippen MR) is 88.0 cm³/mol. The molecule has 0 radical (unpaired) electrons. The van der Waals surface area contributed by atoms with Crippen LogP contribution in [0.2, 0.25) is 0 Å². The lowest BCUT2D eigenvalue weighted by Crippen LogP contribution is -2.17. The monoisotopic (exact) mass is 280 g/mol. The number of hydrogen-bond acceptors (Lipinski definition) is 3. The van der Waals surface area contributed by atoms with Crippen LogP contribution in [0, 0.1) is 6.92 Å². The summed E-state index contributed by atoms with van der Waals surface area (Å²) in [4.78, 5) is 6.86. The molecular formula is C18H20N2O. The average molecular weight is 280 g/mol. The molecule has 1 aliphatic rings. The lowest BCUT2D eigenvalue weighted by Gasteiger charge is -2.18. The number of aromatic hydroxyl groups is 1. The fourth-order valence-electron chi connectivity index (χ4n) is 2.69. The topological polar surface area (TPSA) is 35.8 Å². The second-order valence-corrected chi connectivity index (χ2v) is 5.51. The molecule has 3 nitrogen and oxygen atoms in total. The summed E-state index contributed by atoms with van der Waals surface area (Å²) in [6.07, 6.45) is 4.44. The van der Waals surface area contributed by atoms with Crippen LogP contribution in [0.25, 0.3) is 0 Å². The van der Waals surface area contributed by atoms with Crippen molar-refractivity contribution >= 4 is 17.6 Å². The lowest BCUT2D eigenvalue weighted by atomic mass is 10.1. The highest BCUT2D eigenvalue weighted by Crippen LogP contribution is 2.23. The maximum Gasteiger partial charge on any atom is 0.117 e. The van der Waals surface area contributed by atoms with Crippen LogP contribution in [-0.2, 0) is 0 Å². The molecule has 0 saturated carbocycles. The van der Waals surface area contributed by atoms with Crippen molar-refractivity contribution in [1.29, 1.82) is 0 Å². The number of phenolic OH excluding ortho intramolecular Hbond substituents is 1. The maximum absolute atomic E-state index is 9.44. The first-order valence-electron chi connectivity index (χ1n) is 7.41. The summed E-state index contributed by atoms with van der Waals surface area (Å²) in [7, 11) is 0. The average Bonchev–Trinajstić information content (AvgIpc) is 3.00. The first-order chi connectivity index (χ1) is 10.2. The van der Waals surface area contributed by atoms with Gasteiger partial charge in [0.2, 0.25) is 0 Å². The Morgan fingerprint density at radius 3 is 2.62 bits per heavy atom. The Morgan fingerprint density at radius 1 is 1.10 bits per heavy atom. The molecule has 1 N–H and O–H groups in total. The largest absolute Gasteiger partial charge is 0.508 e. The number of hydrogen-bond donors (Lipinski definition) is 1. The smallest absolute Gasteiger partial charge is 0.117 e. The lowest BCUT2D eigenvalue weighted by molar-refractivity contribution is 0.475. The highest BCUT2D eigenvalue weighted by molar-refractivity contribution is 5.84. The van der Waals surface area contributed by atoms with E-state index in [1.165, 1.54) is 24.1 Å². The number of aliphatic imine (C=N–C) groups is 1. The third kappa shape index (κ3) is 3.24. The van der Waals surface area contributed by atoms with E-state index in [2.05, 4.69) is 35.0 Å². The van der Waals surface area contributed by atoms with E-state index in [0.717, 1.165) is 24.3 Å². The molecule has 0 aromatic heterocycles. The van der Waals surface area contributed by atoms with E-state index in [1.807, 2.05) is 12.3 Å². The van der Waals surface area contributed by atoms with E-state index in [9.17, 15) is 5.11 Å². The number of phenols is 1. The van der Waals surface area contributed by atoms with Crippen molar-refractivity contribution in [2.75, 3.05) is 18.0 Å². The summed E-state index contributed by atoms with van der Waals surface area (Å²) in [6.45, 7) is 4.44. The standard InChI is InChI=1S/C18H20N2O/c1-14-11-17(20-9-2-3-10-20)8-7-15(14)13-19-16-5-4-6-18(21)12-16/h4-8,11-13,21H,2-3,9-10H2,1H3. The zero-order chi connectivity index (χ0) is 14.7. The zero-order valence-electron chi connectivity index (χ0n) is 12.3. The van der Waals surface area contributed by atoms with E-state index < -0.39 is 0 Å². The molecular weight excluding hydrogens is 260 g/mol.